The molecule has 1 aliphatic heterocycles. The molecule has 7 heteroatoms. The van der Waals surface area contributed by atoms with Gasteiger partial charge in [-0.05, 0) is 35.7 Å². The Morgan fingerprint density at radius 3 is 2.47 bits per heavy atom. The highest BCUT2D eigenvalue weighted by molar-refractivity contribution is 5.94. The topological polar surface area (TPSA) is 73.9 Å². The fourth-order valence-corrected chi connectivity index (χ4v) is 3.65. The summed E-state index contributed by atoms with van der Waals surface area (Å²) in [5, 5.41) is 5.87. The molecule has 7 nitrogen and oxygen atoms in total. The Morgan fingerprint density at radius 1 is 1.03 bits per heavy atom. The third-order valence-corrected chi connectivity index (χ3v) is 5.57. The lowest BCUT2D eigenvalue weighted by molar-refractivity contribution is 0.0953. The molecule has 0 radical (unpaired) electrons. The predicted octanol–water partition coefficient (Wildman–Crippen LogP) is 3.39. The van der Waals surface area contributed by atoms with Crippen LogP contribution in [-0.4, -0.2) is 56.7 Å². The number of morpholine rings is 1. The number of carbonyl (C=O) groups is 2. The molecule has 3 amide bonds. The zero-order valence-electron chi connectivity index (χ0n) is 19.1. The summed E-state index contributed by atoms with van der Waals surface area (Å²) >= 11 is 0. The lowest BCUT2D eigenvalue weighted by atomic mass is 10.1. The smallest absolute Gasteiger partial charge is 0.317 e. The van der Waals surface area contributed by atoms with Crippen molar-refractivity contribution in [3.8, 4) is 0 Å². The Hall–Kier alpha value is -3.06. The van der Waals surface area contributed by atoms with Crippen molar-refractivity contribution in [3.05, 3.63) is 65.2 Å². The molecule has 1 fully saturated rings. The Kier molecular flexibility index (Phi) is 8.92. The molecule has 172 valence electrons. The highest BCUT2D eigenvalue weighted by Gasteiger charge is 2.17. The lowest BCUT2D eigenvalue weighted by Crippen LogP contribution is -2.39. The minimum Gasteiger partial charge on any atom is -0.378 e. The van der Waals surface area contributed by atoms with Crippen LogP contribution in [0.1, 0.15) is 41.3 Å². The summed E-state index contributed by atoms with van der Waals surface area (Å²) in [6.07, 6.45) is 2.02. The van der Waals surface area contributed by atoms with Crippen molar-refractivity contribution < 1.29 is 14.3 Å². The molecule has 0 aromatic heterocycles. The van der Waals surface area contributed by atoms with Gasteiger partial charge in [0.2, 0.25) is 0 Å². The number of hydrogen-bond acceptors (Lipinski definition) is 4. The fraction of sp³-hybridized carbons (Fsp3) is 0.440. The summed E-state index contributed by atoms with van der Waals surface area (Å²) in [5.41, 5.74) is 3.85. The molecular weight excluding hydrogens is 404 g/mol. The Balaban J connectivity index is 1.51. The number of nitrogens with zero attached hydrogens (tertiary/aromatic N) is 2. The number of hydrogen-bond donors (Lipinski definition) is 2. The number of rotatable bonds is 9. The van der Waals surface area contributed by atoms with Crippen LogP contribution in [0.5, 0.6) is 0 Å². The Labute approximate surface area is 190 Å². The second kappa shape index (κ2) is 12.1. The summed E-state index contributed by atoms with van der Waals surface area (Å²) < 4.78 is 5.46. The number of nitrogens with one attached hydrogen (secondary N) is 2. The number of anilines is 1. The minimum atomic E-state index is -0.136. The van der Waals surface area contributed by atoms with Gasteiger partial charge in [0.1, 0.15) is 0 Å². The number of urea groups is 1. The van der Waals surface area contributed by atoms with Crippen molar-refractivity contribution in [2.45, 2.75) is 32.9 Å². The SMILES string of the molecule is CCCCNC(=O)c1ccc(CNC(=O)N(C)Cc2ccccc2N2CCOCC2)cc1. The van der Waals surface area contributed by atoms with Gasteiger partial charge in [0, 0.05) is 51.0 Å². The normalized spacial score (nSPS) is 13.5. The van der Waals surface area contributed by atoms with Crippen molar-refractivity contribution in [3.63, 3.8) is 0 Å². The van der Waals surface area contributed by atoms with Crippen LogP contribution in [0.15, 0.2) is 48.5 Å². The highest BCUT2D eigenvalue weighted by Crippen LogP contribution is 2.22. The molecule has 2 aromatic rings. The van der Waals surface area contributed by atoms with Gasteiger partial charge in [0.05, 0.1) is 13.2 Å². The molecule has 2 N–H and O–H groups in total. The van der Waals surface area contributed by atoms with E-state index in [0.717, 1.165) is 56.0 Å². The van der Waals surface area contributed by atoms with Gasteiger partial charge < -0.3 is 25.2 Å². The first-order chi connectivity index (χ1) is 15.6. The van der Waals surface area contributed by atoms with Crippen LogP contribution >= 0.6 is 0 Å². The third-order valence-electron chi connectivity index (χ3n) is 5.57. The third kappa shape index (κ3) is 6.72. The molecule has 1 saturated heterocycles. The van der Waals surface area contributed by atoms with Gasteiger partial charge >= 0.3 is 6.03 Å². The van der Waals surface area contributed by atoms with Gasteiger partial charge in [-0.25, -0.2) is 4.79 Å². The fourth-order valence-electron chi connectivity index (χ4n) is 3.65. The maximum Gasteiger partial charge on any atom is 0.317 e. The van der Waals surface area contributed by atoms with Gasteiger partial charge in [-0.2, -0.15) is 0 Å². The van der Waals surface area contributed by atoms with Crippen LogP contribution in [0.25, 0.3) is 0 Å². The van der Waals surface area contributed by atoms with E-state index in [-0.39, 0.29) is 11.9 Å². The van der Waals surface area contributed by atoms with Crippen LogP contribution < -0.4 is 15.5 Å². The molecule has 32 heavy (non-hydrogen) atoms. The van der Waals surface area contributed by atoms with Crippen LogP contribution in [0, 0.1) is 0 Å². The van der Waals surface area contributed by atoms with Crippen LogP contribution in [-0.2, 0) is 17.8 Å². The molecule has 3 rings (SSSR count). The monoisotopic (exact) mass is 438 g/mol. The molecule has 0 aliphatic carbocycles. The summed E-state index contributed by atoms with van der Waals surface area (Å²) in [6.45, 7) is 6.89. The van der Waals surface area contributed by atoms with Crippen molar-refractivity contribution >= 4 is 17.6 Å². The predicted molar refractivity (Wildman–Crippen MR) is 127 cm³/mol. The van der Waals surface area contributed by atoms with Gasteiger partial charge in [0.25, 0.3) is 5.91 Å². The van der Waals surface area contributed by atoms with E-state index in [1.54, 1.807) is 24.1 Å². The molecule has 0 atom stereocenters. The van der Waals surface area contributed by atoms with Crippen molar-refractivity contribution in [2.75, 3.05) is 44.8 Å². The summed E-state index contributed by atoms with van der Waals surface area (Å²) in [7, 11) is 1.80. The van der Waals surface area contributed by atoms with Crippen molar-refractivity contribution in [2.24, 2.45) is 0 Å². The van der Waals surface area contributed by atoms with Crippen LogP contribution in [0.4, 0.5) is 10.5 Å². The first-order valence-electron chi connectivity index (χ1n) is 11.3. The first-order valence-corrected chi connectivity index (χ1v) is 11.3. The van der Waals surface area contributed by atoms with Gasteiger partial charge in [-0.15, -0.1) is 0 Å². The molecule has 0 bridgehead atoms. The zero-order valence-corrected chi connectivity index (χ0v) is 19.1. The molecule has 2 aromatic carbocycles. The lowest BCUT2D eigenvalue weighted by Gasteiger charge is -2.31. The largest absolute Gasteiger partial charge is 0.378 e. The number of carbonyl (C=O) groups excluding carboxylic acids is 2. The standard InChI is InChI=1S/C25H34N4O3/c1-3-4-13-26-24(30)21-11-9-20(10-12-21)18-27-25(31)28(2)19-22-7-5-6-8-23(22)29-14-16-32-17-15-29/h5-12H,3-4,13-19H2,1-2H3,(H,26,30)(H,27,31). The quantitative estimate of drug-likeness (QED) is 0.589. The molecular formula is C25H34N4O3. The van der Waals surface area contributed by atoms with Crippen molar-refractivity contribution in [1.82, 2.24) is 15.5 Å². The van der Waals surface area contributed by atoms with E-state index in [1.165, 1.54) is 0 Å². The summed E-state index contributed by atoms with van der Waals surface area (Å²) in [5.74, 6) is -0.0623. The molecule has 1 heterocycles. The van der Waals surface area contributed by atoms with Gasteiger partial charge in [0.15, 0.2) is 0 Å². The van der Waals surface area contributed by atoms with Crippen LogP contribution in [0.3, 0.4) is 0 Å². The average Bonchev–Trinajstić information content (AvgIpc) is 2.83. The van der Waals surface area contributed by atoms with Gasteiger partial charge in [-0.1, -0.05) is 43.7 Å². The summed E-state index contributed by atoms with van der Waals surface area (Å²) in [4.78, 5) is 28.8. The number of benzene rings is 2. The maximum absolute atomic E-state index is 12.6. The van der Waals surface area contributed by atoms with E-state index in [9.17, 15) is 9.59 Å². The molecule has 0 saturated carbocycles. The molecule has 1 aliphatic rings. The summed E-state index contributed by atoms with van der Waals surface area (Å²) in [6, 6.07) is 15.4. The Morgan fingerprint density at radius 2 is 1.75 bits per heavy atom. The van der Waals surface area contributed by atoms with E-state index in [2.05, 4.69) is 34.6 Å². The number of amides is 3. The number of ether oxygens (including phenoxy) is 1. The second-order valence-corrected chi connectivity index (χ2v) is 8.05. The number of unbranched alkanes of at least 4 members (excludes halogenated alkanes) is 1. The van der Waals surface area contributed by atoms with E-state index in [1.807, 2.05) is 24.3 Å². The van der Waals surface area contributed by atoms with Gasteiger partial charge in [-0.3, -0.25) is 4.79 Å². The van der Waals surface area contributed by atoms with E-state index in [0.29, 0.717) is 25.2 Å². The average molecular weight is 439 g/mol. The number of para-hydroxylation sites is 1. The first kappa shape index (κ1) is 23.6. The highest BCUT2D eigenvalue weighted by atomic mass is 16.5. The minimum absolute atomic E-state index is 0.0623. The molecule has 0 spiro atoms. The van der Waals surface area contributed by atoms with E-state index in [4.69, 9.17) is 4.74 Å². The second-order valence-electron chi connectivity index (χ2n) is 8.05. The molecule has 0 unspecified atom stereocenters. The van der Waals surface area contributed by atoms with Crippen molar-refractivity contribution in [1.29, 1.82) is 0 Å². The zero-order chi connectivity index (χ0) is 22.8. The van der Waals surface area contributed by atoms with E-state index < -0.39 is 0 Å². The maximum atomic E-state index is 12.6. The Bertz CT molecular complexity index is 879. The van der Waals surface area contributed by atoms with E-state index >= 15 is 0 Å². The van der Waals surface area contributed by atoms with Crippen LogP contribution in [0.2, 0.25) is 0 Å².